The Balaban J connectivity index is 1.72. The predicted octanol–water partition coefficient (Wildman–Crippen LogP) is 0.369. The molecule has 3 aliphatic rings. The molecule has 7 nitrogen and oxygen atoms in total. The number of piperidine rings is 1. The van der Waals surface area contributed by atoms with Crippen LogP contribution in [-0.2, 0) is 19.6 Å². The molecule has 3 rings (SSSR count). The molecule has 0 aliphatic carbocycles. The summed E-state index contributed by atoms with van der Waals surface area (Å²) in [5, 5.41) is 0. The fourth-order valence-electron chi connectivity index (χ4n) is 3.13. The summed E-state index contributed by atoms with van der Waals surface area (Å²) in [7, 11) is -1.69. The first-order valence-electron chi connectivity index (χ1n) is 7.76. The third-order valence-corrected chi connectivity index (χ3v) is 5.44. The van der Waals surface area contributed by atoms with E-state index in [2.05, 4.69) is 4.40 Å². The Bertz CT molecular complexity index is 679. The maximum Gasteiger partial charge on any atom is 0.256 e. The van der Waals surface area contributed by atoms with Gasteiger partial charge in [0.25, 0.3) is 15.9 Å². The van der Waals surface area contributed by atoms with Crippen LogP contribution in [0.15, 0.2) is 28.3 Å². The van der Waals surface area contributed by atoms with Crippen LogP contribution in [0.2, 0.25) is 0 Å². The van der Waals surface area contributed by atoms with Gasteiger partial charge in [0, 0.05) is 32.9 Å². The SMILES string of the molecule is COCC1CCCN(C(=O)C2=CN3CCS(=O)(=O)N=C3C=C2)C1. The second-order valence-electron chi connectivity index (χ2n) is 6.06. The molecule has 0 bridgehead atoms. The lowest BCUT2D eigenvalue weighted by molar-refractivity contribution is -0.129. The molecule has 0 N–H and O–H groups in total. The van der Waals surface area contributed by atoms with Gasteiger partial charge >= 0.3 is 0 Å². The minimum atomic E-state index is -3.37. The largest absolute Gasteiger partial charge is 0.384 e. The Morgan fingerprint density at radius 1 is 1.39 bits per heavy atom. The number of methoxy groups -OCH3 is 1. The first-order valence-corrected chi connectivity index (χ1v) is 9.37. The first-order chi connectivity index (χ1) is 11.0. The van der Waals surface area contributed by atoms with Crippen molar-refractivity contribution in [2.24, 2.45) is 10.3 Å². The number of likely N-dealkylation sites (tertiary alicyclic amines) is 1. The van der Waals surface area contributed by atoms with E-state index in [1.165, 1.54) is 0 Å². The molecule has 1 unspecified atom stereocenters. The predicted molar refractivity (Wildman–Crippen MR) is 86.3 cm³/mol. The summed E-state index contributed by atoms with van der Waals surface area (Å²) >= 11 is 0. The number of nitrogens with zero attached hydrogens (tertiary/aromatic N) is 3. The Morgan fingerprint density at radius 3 is 3.00 bits per heavy atom. The number of fused-ring (bicyclic) bond motifs is 1. The quantitative estimate of drug-likeness (QED) is 0.742. The van der Waals surface area contributed by atoms with Crippen LogP contribution in [0.4, 0.5) is 0 Å². The maximum atomic E-state index is 12.7. The molecule has 0 radical (unpaired) electrons. The normalized spacial score (nSPS) is 26.4. The third kappa shape index (κ3) is 3.64. The molecular formula is C15H21N3O4S. The minimum Gasteiger partial charge on any atom is -0.384 e. The van der Waals surface area contributed by atoms with Crippen molar-refractivity contribution in [1.29, 1.82) is 0 Å². The van der Waals surface area contributed by atoms with E-state index < -0.39 is 10.0 Å². The lowest BCUT2D eigenvalue weighted by Gasteiger charge is -2.34. The van der Waals surface area contributed by atoms with Gasteiger partial charge in [-0.25, -0.2) is 8.42 Å². The van der Waals surface area contributed by atoms with Gasteiger partial charge in [-0.3, -0.25) is 4.79 Å². The van der Waals surface area contributed by atoms with Crippen LogP contribution >= 0.6 is 0 Å². The monoisotopic (exact) mass is 339 g/mol. The number of hydrogen-bond acceptors (Lipinski definition) is 5. The molecule has 8 heteroatoms. The molecule has 1 amide bonds. The highest BCUT2D eigenvalue weighted by atomic mass is 32.2. The van der Waals surface area contributed by atoms with Gasteiger partial charge < -0.3 is 14.5 Å². The second-order valence-corrected chi connectivity index (χ2v) is 7.82. The van der Waals surface area contributed by atoms with Gasteiger partial charge in [0.1, 0.15) is 5.84 Å². The Labute approximate surface area is 136 Å². The van der Waals surface area contributed by atoms with Crippen LogP contribution in [-0.4, -0.2) is 69.1 Å². The summed E-state index contributed by atoms with van der Waals surface area (Å²) in [5.41, 5.74) is 0.571. The Kier molecular flexibility index (Phi) is 4.54. The smallest absolute Gasteiger partial charge is 0.256 e. The second kappa shape index (κ2) is 6.45. The van der Waals surface area contributed by atoms with Crippen LogP contribution in [0.3, 0.4) is 0 Å². The fourth-order valence-corrected chi connectivity index (χ4v) is 4.10. The lowest BCUT2D eigenvalue weighted by atomic mass is 9.98. The number of carbonyl (C=O) groups is 1. The number of hydrogen-bond donors (Lipinski definition) is 0. The minimum absolute atomic E-state index is 0.0190. The van der Waals surface area contributed by atoms with Crippen LogP contribution in [0.1, 0.15) is 12.8 Å². The number of sulfonamides is 1. The van der Waals surface area contributed by atoms with Crippen molar-refractivity contribution in [3.63, 3.8) is 0 Å². The summed E-state index contributed by atoms with van der Waals surface area (Å²) in [4.78, 5) is 16.3. The van der Waals surface area contributed by atoms with Crippen LogP contribution < -0.4 is 0 Å². The molecule has 3 aliphatic heterocycles. The maximum absolute atomic E-state index is 12.7. The summed E-state index contributed by atoms with van der Waals surface area (Å²) in [6.07, 6.45) is 7.01. The van der Waals surface area contributed by atoms with Crippen molar-refractivity contribution in [1.82, 2.24) is 9.80 Å². The molecule has 1 saturated heterocycles. The molecule has 23 heavy (non-hydrogen) atoms. The van der Waals surface area contributed by atoms with Crippen molar-refractivity contribution in [3.05, 3.63) is 23.9 Å². The van der Waals surface area contributed by atoms with Gasteiger partial charge in [0.15, 0.2) is 0 Å². The van der Waals surface area contributed by atoms with E-state index >= 15 is 0 Å². The summed E-state index contributed by atoms with van der Waals surface area (Å²) in [6.45, 7) is 2.45. The van der Waals surface area contributed by atoms with E-state index in [0.717, 1.165) is 19.4 Å². The van der Waals surface area contributed by atoms with Crippen LogP contribution in [0.25, 0.3) is 0 Å². The van der Waals surface area contributed by atoms with Gasteiger partial charge in [-0.05, 0) is 30.9 Å². The Hall–Kier alpha value is -1.67. The number of amidine groups is 1. The standard InChI is InChI=1S/C15H21N3O4S/c1-22-11-12-3-2-6-18(9-12)15(19)13-4-5-14-16-23(20,21)8-7-17(14)10-13/h4-5,10,12H,2-3,6-9,11H2,1H3. The summed E-state index contributed by atoms with van der Waals surface area (Å²) < 4.78 is 31.9. The lowest BCUT2D eigenvalue weighted by Crippen LogP contribution is -2.43. The number of carbonyl (C=O) groups excluding carboxylic acids is 1. The third-order valence-electron chi connectivity index (χ3n) is 4.28. The fraction of sp³-hybridized carbons (Fsp3) is 0.600. The summed E-state index contributed by atoms with van der Waals surface area (Å²) in [5.74, 6) is 0.712. The summed E-state index contributed by atoms with van der Waals surface area (Å²) in [6, 6.07) is 0. The van der Waals surface area contributed by atoms with Crippen molar-refractivity contribution in [3.8, 4) is 0 Å². The van der Waals surface area contributed by atoms with E-state index in [-0.39, 0.29) is 11.7 Å². The zero-order valence-electron chi connectivity index (χ0n) is 13.1. The van der Waals surface area contributed by atoms with Gasteiger partial charge in [0.05, 0.1) is 17.9 Å². The van der Waals surface area contributed by atoms with E-state index in [1.807, 2.05) is 4.90 Å². The van der Waals surface area contributed by atoms with Gasteiger partial charge in [-0.1, -0.05) is 0 Å². The number of rotatable bonds is 3. The topological polar surface area (TPSA) is 79.3 Å². The molecule has 1 fully saturated rings. The number of amides is 1. The highest BCUT2D eigenvalue weighted by Crippen LogP contribution is 2.21. The molecule has 126 valence electrons. The molecule has 0 aromatic rings. The van der Waals surface area contributed by atoms with Gasteiger partial charge in [0.2, 0.25) is 0 Å². The average molecular weight is 339 g/mol. The van der Waals surface area contributed by atoms with E-state index in [9.17, 15) is 13.2 Å². The van der Waals surface area contributed by atoms with Crippen LogP contribution in [0.5, 0.6) is 0 Å². The van der Waals surface area contributed by atoms with Crippen LogP contribution in [0, 0.1) is 5.92 Å². The van der Waals surface area contributed by atoms with E-state index in [0.29, 0.717) is 37.0 Å². The highest BCUT2D eigenvalue weighted by Gasteiger charge is 2.29. The molecule has 0 saturated carbocycles. The van der Waals surface area contributed by atoms with Crippen molar-refractivity contribution >= 4 is 21.8 Å². The zero-order valence-corrected chi connectivity index (χ0v) is 14.0. The molecule has 3 heterocycles. The average Bonchev–Trinajstić information content (AvgIpc) is 2.53. The highest BCUT2D eigenvalue weighted by molar-refractivity contribution is 7.90. The van der Waals surface area contributed by atoms with E-state index in [1.54, 1.807) is 30.4 Å². The zero-order chi connectivity index (χ0) is 16.4. The molecule has 0 aromatic carbocycles. The van der Waals surface area contributed by atoms with Gasteiger partial charge in [-0.15, -0.1) is 4.40 Å². The van der Waals surface area contributed by atoms with Crippen molar-refractivity contribution < 1.29 is 17.9 Å². The molecular weight excluding hydrogens is 318 g/mol. The van der Waals surface area contributed by atoms with Crippen molar-refractivity contribution in [2.45, 2.75) is 12.8 Å². The Morgan fingerprint density at radius 2 is 2.22 bits per heavy atom. The molecule has 0 spiro atoms. The van der Waals surface area contributed by atoms with E-state index in [4.69, 9.17) is 4.74 Å². The van der Waals surface area contributed by atoms with Crippen molar-refractivity contribution in [2.75, 3.05) is 39.1 Å². The number of ether oxygens (including phenoxy) is 1. The first kappa shape index (κ1) is 16.2. The molecule has 1 atom stereocenters. The van der Waals surface area contributed by atoms with Gasteiger partial charge in [-0.2, -0.15) is 0 Å². The molecule has 0 aromatic heterocycles.